The molecule has 0 aliphatic rings. The van der Waals surface area contributed by atoms with Crippen molar-refractivity contribution in [2.45, 2.75) is 25.4 Å². The number of rotatable bonds is 9. The van der Waals surface area contributed by atoms with Crippen molar-refractivity contribution in [3.63, 3.8) is 0 Å². The molecule has 0 rings (SSSR count). The molecule has 0 saturated heterocycles. The Morgan fingerprint density at radius 2 is 1.89 bits per heavy atom. The highest BCUT2D eigenvalue weighted by atomic mass is 16.5. The maximum Gasteiger partial charge on any atom is 0.177 e. The van der Waals surface area contributed by atoms with Gasteiger partial charge in [-0.1, -0.05) is 0 Å². The first kappa shape index (κ1) is 17.0. The smallest absolute Gasteiger partial charge is 0.177 e. The summed E-state index contributed by atoms with van der Waals surface area (Å²) in [6.45, 7) is 2.47. The van der Waals surface area contributed by atoms with Gasteiger partial charge in [-0.15, -0.1) is 0 Å². The molecule has 0 heterocycles. The van der Waals surface area contributed by atoms with E-state index in [1.54, 1.807) is 28.1 Å². The van der Waals surface area contributed by atoms with E-state index in [-0.39, 0.29) is 24.1 Å². The number of quaternary nitrogens is 1. The van der Waals surface area contributed by atoms with Crippen LogP contribution in [0.2, 0.25) is 0 Å². The van der Waals surface area contributed by atoms with Crippen LogP contribution in [0.25, 0.3) is 0 Å². The summed E-state index contributed by atoms with van der Waals surface area (Å²) in [6, 6.07) is 0. The van der Waals surface area contributed by atoms with E-state index in [0.29, 0.717) is 6.61 Å². The molecule has 1 unspecified atom stereocenters. The zero-order chi connectivity index (χ0) is 14.4. The van der Waals surface area contributed by atoms with Gasteiger partial charge in [0.15, 0.2) is 11.4 Å². The molecular weight excluding hydrogens is 238 g/mol. The summed E-state index contributed by atoms with van der Waals surface area (Å²) in [4.78, 5) is 22.6. The second kappa shape index (κ2) is 6.82. The number of Topliss-reactive ketones (excluding diaryl/α,β-unsaturated/α-hetero) is 1. The number of hydrogen-bond acceptors (Lipinski definition) is 5. The summed E-state index contributed by atoms with van der Waals surface area (Å²) < 4.78 is 5.32. The van der Waals surface area contributed by atoms with E-state index in [2.05, 4.69) is 0 Å². The number of ether oxygens (including phenoxy) is 1. The molecule has 0 aromatic rings. The molecule has 1 atom stereocenters. The van der Waals surface area contributed by atoms with Crippen LogP contribution in [0.1, 0.15) is 19.8 Å². The number of hydrogen-bond donors (Lipinski definition) is 1. The van der Waals surface area contributed by atoms with Gasteiger partial charge in [-0.3, -0.25) is 4.79 Å². The summed E-state index contributed by atoms with van der Waals surface area (Å²) in [6.07, 6.45) is -0.689. The van der Waals surface area contributed by atoms with Gasteiger partial charge in [0, 0.05) is 25.4 Å². The molecule has 6 nitrogen and oxygen atoms in total. The first-order valence-electron chi connectivity index (χ1n) is 5.94. The van der Waals surface area contributed by atoms with E-state index in [4.69, 9.17) is 4.74 Å². The monoisotopic (exact) mass is 261 g/mol. The Morgan fingerprint density at radius 3 is 2.28 bits per heavy atom. The number of carboxylic acids is 1. The van der Waals surface area contributed by atoms with Crippen molar-refractivity contribution < 1.29 is 29.0 Å². The van der Waals surface area contributed by atoms with Crippen LogP contribution in [0.5, 0.6) is 0 Å². The van der Waals surface area contributed by atoms with Crippen molar-refractivity contribution in [2.24, 2.45) is 0 Å². The normalized spacial score (nSPS) is 15.2. The highest BCUT2D eigenvalue weighted by Gasteiger charge is 2.40. The van der Waals surface area contributed by atoms with Gasteiger partial charge in [-0.25, -0.2) is 0 Å². The maximum atomic E-state index is 11.9. The predicted octanol–water partition coefficient (Wildman–Crippen LogP) is -1.44. The van der Waals surface area contributed by atoms with Crippen LogP contribution in [0.4, 0.5) is 0 Å². The van der Waals surface area contributed by atoms with Gasteiger partial charge in [0.25, 0.3) is 0 Å². The van der Waals surface area contributed by atoms with Crippen LogP contribution in [0, 0.1) is 0 Å². The number of nitrogens with zero attached hydrogens (tertiary/aromatic N) is 1. The Balaban J connectivity index is 4.74. The van der Waals surface area contributed by atoms with Gasteiger partial charge in [0.05, 0.1) is 27.7 Å². The standard InChI is InChI=1S/C12H23NO5/c1-5-18-7-6-10(14)12(17,8-11(15)16)9-13(2,3)4/h17H,5-9H2,1-4H3. The minimum absolute atomic E-state index is 0.00236. The summed E-state index contributed by atoms with van der Waals surface area (Å²) in [5.74, 6) is -1.95. The van der Waals surface area contributed by atoms with Crippen LogP contribution in [0.3, 0.4) is 0 Å². The maximum absolute atomic E-state index is 11.9. The summed E-state index contributed by atoms with van der Waals surface area (Å²) in [7, 11) is 5.32. The van der Waals surface area contributed by atoms with Crippen LogP contribution in [-0.4, -0.2) is 67.8 Å². The third-order valence-corrected chi connectivity index (χ3v) is 2.37. The highest BCUT2D eigenvalue weighted by molar-refractivity contribution is 5.90. The molecule has 0 aliphatic heterocycles. The SMILES string of the molecule is CCOCCC(=O)C(O)(CC(=O)[O-])C[N+](C)(C)C. The molecule has 0 aliphatic carbocycles. The zero-order valence-electron chi connectivity index (χ0n) is 11.6. The van der Waals surface area contributed by atoms with Crippen molar-refractivity contribution in [3.05, 3.63) is 0 Å². The quantitative estimate of drug-likeness (QED) is 0.406. The molecule has 0 aromatic carbocycles. The summed E-state index contributed by atoms with van der Waals surface area (Å²) in [5, 5.41) is 20.9. The fraction of sp³-hybridized carbons (Fsp3) is 0.833. The van der Waals surface area contributed by atoms with E-state index in [0.717, 1.165) is 0 Å². The van der Waals surface area contributed by atoms with Crippen LogP contribution >= 0.6 is 0 Å². The van der Waals surface area contributed by atoms with E-state index in [9.17, 15) is 19.8 Å². The molecule has 0 fully saturated rings. The first-order valence-corrected chi connectivity index (χ1v) is 5.94. The van der Waals surface area contributed by atoms with Gasteiger partial charge >= 0.3 is 0 Å². The minimum Gasteiger partial charge on any atom is -0.550 e. The lowest BCUT2D eigenvalue weighted by atomic mass is 9.91. The van der Waals surface area contributed by atoms with E-state index in [1.807, 2.05) is 0 Å². The van der Waals surface area contributed by atoms with E-state index < -0.39 is 23.8 Å². The minimum atomic E-state index is -1.89. The number of ketones is 1. The van der Waals surface area contributed by atoms with Gasteiger partial charge in [-0.2, -0.15) is 0 Å². The van der Waals surface area contributed by atoms with Crippen LogP contribution < -0.4 is 5.11 Å². The predicted molar refractivity (Wildman–Crippen MR) is 63.6 cm³/mol. The molecule has 106 valence electrons. The number of carboxylic acid groups (broad SMARTS) is 1. The molecule has 1 N–H and O–H groups in total. The molecular formula is C12H23NO5. The summed E-state index contributed by atoms with van der Waals surface area (Å²) >= 11 is 0. The third-order valence-electron chi connectivity index (χ3n) is 2.37. The van der Waals surface area contributed by atoms with Gasteiger partial charge in [0.1, 0.15) is 6.54 Å². The van der Waals surface area contributed by atoms with Gasteiger partial charge < -0.3 is 24.2 Å². The van der Waals surface area contributed by atoms with Gasteiger partial charge in [-0.05, 0) is 6.92 Å². The number of likely N-dealkylation sites (N-methyl/N-ethyl adjacent to an activating group) is 1. The largest absolute Gasteiger partial charge is 0.550 e. The number of aliphatic hydroxyl groups is 1. The average Bonchev–Trinajstić information content (AvgIpc) is 2.13. The highest BCUT2D eigenvalue weighted by Crippen LogP contribution is 2.17. The summed E-state index contributed by atoms with van der Waals surface area (Å²) in [5.41, 5.74) is -1.89. The van der Waals surface area contributed by atoms with Crippen molar-refractivity contribution in [1.29, 1.82) is 0 Å². The molecule has 18 heavy (non-hydrogen) atoms. The lowest BCUT2D eigenvalue weighted by molar-refractivity contribution is -0.875. The van der Waals surface area contributed by atoms with Crippen molar-refractivity contribution in [3.8, 4) is 0 Å². The lowest BCUT2D eigenvalue weighted by Crippen LogP contribution is -2.56. The molecule has 6 heteroatoms. The molecule has 0 saturated carbocycles. The van der Waals surface area contributed by atoms with Crippen LogP contribution in [0.15, 0.2) is 0 Å². The second-order valence-corrected chi connectivity index (χ2v) is 5.40. The van der Waals surface area contributed by atoms with Crippen molar-refractivity contribution >= 4 is 11.8 Å². The topological polar surface area (TPSA) is 86.7 Å². The average molecular weight is 261 g/mol. The van der Waals surface area contributed by atoms with E-state index >= 15 is 0 Å². The molecule has 0 amide bonds. The van der Waals surface area contributed by atoms with Crippen molar-refractivity contribution in [2.75, 3.05) is 40.9 Å². The molecule has 0 radical (unpaired) electrons. The molecule has 0 aromatic heterocycles. The second-order valence-electron chi connectivity index (χ2n) is 5.40. The Labute approximate surface area is 108 Å². The Hall–Kier alpha value is -0.980. The lowest BCUT2D eigenvalue weighted by Gasteiger charge is -2.34. The number of carbonyl (C=O) groups excluding carboxylic acids is 2. The zero-order valence-corrected chi connectivity index (χ0v) is 11.6. The van der Waals surface area contributed by atoms with E-state index in [1.165, 1.54) is 0 Å². The van der Waals surface area contributed by atoms with Crippen LogP contribution in [-0.2, 0) is 14.3 Å². The first-order chi connectivity index (χ1) is 8.10. The number of aliphatic carboxylic acids is 1. The molecule has 0 bridgehead atoms. The Bertz CT molecular complexity index is 297. The van der Waals surface area contributed by atoms with Gasteiger partial charge in [0.2, 0.25) is 0 Å². The molecule has 0 spiro atoms. The fourth-order valence-electron chi connectivity index (χ4n) is 1.81. The fourth-order valence-corrected chi connectivity index (χ4v) is 1.81. The Morgan fingerprint density at radius 1 is 1.33 bits per heavy atom. The Kier molecular flexibility index (Phi) is 6.45. The third kappa shape index (κ3) is 6.68. The number of carbonyl (C=O) groups is 2. The van der Waals surface area contributed by atoms with Crippen molar-refractivity contribution in [1.82, 2.24) is 0 Å².